The zero-order valence-corrected chi connectivity index (χ0v) is 23.9. The Morgan fingerprint density at radius 1 is 1.00 bits per heavy atom. The molecule has 4 rings (SSSR count). The standard InChI is InChI=1S/C24H15ClI3NO3/c1-13-8-16(4-7-18(13)26)23-29-21(24(30)32-23)11-15-9-19(27)22(20(28)10-15)31-12-14-2-5-17(25)6-3-14/h2-11H,12H2,1H3/b21-11-. The fourth-order valence-electron chi connectivity index (χ4n) is 3.01. The number of carbonyl (C=O) groups is 1. The Bertz CT molecular complexity index is 1250. The SMILES string of the molecule is Cc1cc(C2=N/C(=C\c3cc(I)c(OCc4ccc(Cl)cc4)c(I)c3)C(=O)O2)ccc1I. The maximum Gasteiger partial charge on any atom is 0.363 e. The maximum atomic E-state index is 12.4. The molecule has 1 aliphatic rings. The molecule has 0 amide bonds. The summed E-state index contributed by atoms with van der Waals surface area (Å²) in [6.45, 7) is 2.46. The molecule has 0 fully saturated rings. The van der Waals surface area contributed by atoms with Crippen molar-refractivity contribution in [3.8, 4) is 5.75 Å². The Balaban J connectivity index is 1.55. The normalized spacial score (nSPS) is 14.5. The summed E-state index contributed by atoms with van der Waals surface area (Å²) in [5.74, 6) is 0.674. The van der Waals surface area contributed by atoms with Gasteiger partial charge in [0.25, 0.3) is 0 Å². The Hall–Kier alpha value is -1.18. The van der Waals surface area contributed by atoms with Crippen LogP contribution in [0.25, 0.3) is 6.08 Å². The number of aliphatic imine (C=N–C) groups is 1. The fraction of sp³-hybridized carbons (Fsp3) is 0.0833. The number of benzene rings is 3. The minimum Gasteiger partial charge on any atom is -0.487 e. The van der Waals surface area contributed by atoms with Crippen molar-refractivity contribution in [1.82, 2.24) is 0 Å². The van der Waals surface area contributed by atoms with Gasteiger partial charge in [-0.2, -0.15) is 0 Å². The second kappa shape index (κ2) is 10.4. The molecule has 0 saturated heterocycles. The molecule has 0 radical (unpaired) electrons. The number of halogens is 4. The lowest BCUT2D eigenvalue weighted by atomic mass is 10.1. The Morgan fingerprint density at radius 3 is 2.34 bits per heavy atom. The first kappa shape index (κ1) is 24.0. The van der Waals surface area contributed by atoms with Crippen LogP contribution < -0.4 is 4.74 Å². The lowest BCUT2D eigenvalue weighted by Crippen LogP contribution is -2.05. The third-order valence-electron chi connectivity index (χ3n) is 4.65. The molecule has 0 atom stereocenters. The lowest BCUT2D eigenvalue weighted by molar-refractivity contribution is -0.129. The number of ether oxygens (including phenoxy) is 2. The predicted octanol–water partition coefficient (Wildman–Crippen LogP) is 7.39. The van der Waals surface area contributed by atoms with E-state index in [4.69, 9.17) is 21.1 Å². The van der Waals surface area contributed by atoms with Gasteiger partial charge in [-0.1, -0.05) is 23.7 Å². The third kappa shape index (κ3) is 5.65. The van der Waals surface area contributed by atoms with Crippen LogP contribution in [0.2, 0.25) is 5.02 Å². The highest BCUT2D eigenvalue weighted by Crippen LogP contribution is 2.31. The molecular weight excluding hydrogens is 766 g/mol. The van der Waals surface area contributed by atoms with E-state index in [0.29, 0.717) is 17.5 Å². The van der Waals surface area contributed by atoms with Gasteiger partial charge in [0.2, 0.25) is 5.90 Å². The average molecular weight is 782 g/mol. The molecule has 1 aliphatic heterocycles. The van der Waals surface area contributed by atoms with Crippen molar-refractivity contribution in [3.63, 3.8) is 0 Å². The largest absolute Gasteiger partial charge is 0.487 e. The van der Waals surface area contributed by atoms with Gasteiger partial charge in [0, 0.05) is 14.2 Å². The molecule has 8 heteroatoms. The predicted molar refractivity (Wildman–Crippen MR) is 152 cm³/mol. The van der Waals surface area contributed by atoms with Crippen molar-refractivity contribution < 1.29 is 14.3 Å². The molecule has 4 nitrogen and oxygen atoms in total. The van der Waals surface area contributed by atoms with E-state index in [9.17, 15) is 4.79 Å². The first-order valence-corrected chi connectivity index (χ1v) is 13.1. The minimum atomic E-state index is -0.454. The zero-order chi connectivity index (χ0) is 22.8. The van der Waals surface area contributed by atoms with E-state index in [1.165, 1.54) is 0 Å². The van der Waals surface area contributed by atoms with Crippen LogP contribution in [0.5, 0.6) is 5.75 Å². The summed E-state index contributed by atoms with van der Waals surface area (Å²) in [7, 11) is 0. The molecule has 0 spiro atoms. The monoisotopic (exact) mass is 781 g/mol. The van der Waals surface area contributed by atoms with Gasteiger partial charge in [-0.05, 0) is 140 Å². The van der Waals surface area contributed by atoms with Crippen LogP contribution in [0.1, 0.15) is 22.3 Å². The van der Waals surface area contributed by atoms with Crippen molar-refractivity contribution in [2.24, 2.45) is 4.99 Å². The Labute approximate surface area is 231 Å². The van der Waals surface area contributed by atoms with Gasteiger partial charge < -0.3 is 9.47 Å². The number of rotatable bonds is 5. The lowest BCUT2D eigenvalue weighted by Gasteiger charge is -2.11. The van der Waals surface area contributed by atoms with Crippen LogP contribution in [0.4, 0.5) is 0 Å². The summed E-state index contributed by atoms with van der Waals surface area (Å²) in [6.07, 6.45) is 1.74. The third-order valence-corrected chi connectivity index (χ3v) is 7.71. The molecule has 0 unspecified atom stereocenters. The summed E-state index contributed by atoms with van der Waals surface area (Å²) in [5, 5.41) is 0.698. The van der Waals surface area contributed by atoms with E-state index in [-0.39, 0.29) is 5.70 Å². The van der Waals surface area contributed by atoms with Crippen molar-refractivity contribution in [2.75, 3.05) is 0 Å². The van der Waals surface area contributed by atoms with Crippen molar-refractivity contribution >= 4 is 97.3 Å². The van der Waals surface area contributed by atoms with Crippen LogP contribution in [0, 0.1) is 17.6 Å². The number of hydrogen-bond acceptors (Lipinski definition) is 4. The van der Waals surface area contributed by atoms with Gasteiger partial charge in [0.05, 0.1) is 7.14 Å². The highest BCUT2D eigenvalue weighted by molar-refractivity contribution is 14.1. The topological polar surface area (TPSA) is 47.9 Å². The first-order valence-electron chi connectivity index (χ1n) is 9.45. The van der Waals surface area contributed by atoms with Crippen molar-refractivity contribution in [1.29, 1.82) is 0 Å². The molecular formula is C24H15ClI3NO3. The van der Waals surface area contributed by atoms with E-state index in [0.717, 1.165) is 38.7 Å². The average Bonchev–Trinajstić information content (AvgIpc) is 3.11. The number of cyclic esters (lactones) is 1. The van der Waals surface area contributed by atoms with Crippen molar-refractivity contribution in [3.05, 3.63) is 98.3 Å². The van der Waals surface area contributed by atoms with Crippen LogP contribution in [0.15, 0.2) is 65.3 Å². The maximum absolute atomic E-state index is 12.4. The molecule has 32 heavy (non-hydrogen) atoms. The molecule has 0 N–H and O–H groups in total. The summed E-state index contributed by atoms with van der Waals surface area (Å²) >= 11 is 12.7. The van der Waals surface area contributed by atoms with E-state index >= 15 is 0 Å². The molecule has 162 valence electrons. The number of carbonyl (C=O) groups excluding carboxylic acids is 1. The first-order chi connectivity index (χ1) is 15.3. The zero-order valence-electron chi connectivity index (χ0n) is 16.7. The number of aryl methyl sites for hydroxylation is 1. The van der Waals surface area contributed by atoms with Gasteiger partial charge in [0.15, 0.2) is 5.70 Å². The highest BCUT2D eigenvalue weighted by atomic mass is 127. The van der Waals surface area contributed by atoms with Crippen LogP contribution in [-0.2, 0) is 16.1 Å². The molecule has 3 aromatic rings. The van der Waals surface area contributed by atoms with Gasteiger partial charge in [0.1, 0.15) is 12.4 Å². The van der Waals surface area contributed by atoms with Crippen LogP contribution in [0.3, 0.4) is 0 Å². The number of hydrogen-bond donors (Lipinski definition) is 0. The molecule has 0 aromatic heterocycles. The number of nitrogens with zero attached hydrogens (tertiary/aromatic N) is 1. The Kier molecular flexibility index (Phi) is 7.78. The van der Waals surface area contributed by atoms with Gasteiger partial charge in [-0.3, -0.25) is 0 Å². The van der Waals surface area contributed by atoms with E-state index in [2.05, 4.69) is 72.8 Å². The number of esters is 1. The van der Waals surface area contributed by atoms with Gasteiger partial charge in [-0.15, -0.1) is 0 Å². The summed E-state index contributed by atoms with van der Waals surface area (Å²) in [5.41, 5.74) is 4.06. The molecule has 0 saturated carbocycles. The van der Waals surface area contributed by atoms with Gasteiger partial charge >= 0.3 is 5.97 Å². The van der Waals surface area contributed by atoms with Crippen molar-refractivity contribution in [2.45, 2.75) is 13.5 Å². The Morgan fingerprint density at radius 2 is 1.69 bits per heavy atom. The molecule has 0 aliphatic carbocycles. The fourth-order valence-corrected chi connectivity index (χ4v) is 5.59. The minimum absolute atomic E-state index is 0.276. The van der Waals surface area contributed by atoms with Crippen LogP contribution in [-0.4, -0.2) is 11.9 Å². The second-order valence-electron chi connectivity index (χ2n) is 7.03. The summed E-state index contributed by atoms with van der Waals surface area (Å²) in [4.78, 5) is 16.8. The van der Waals surface area contributed by atoms with Gasteiger partial charge in [-0.25, -0.2) is 9.79 Å². The van der Waals surface area contributed by atoms with Crippen LogP contribution >= 0.6 is 79.4 Å². The van der Waals surface area contributed by atoms with E-state index < -0.39 is 5.97 Å². The molecule has 3 aromatic carbocycles. The molecule has 0 bridgehead atoms. The summed E-state index contributed by atoms with van der Waals surface area (Å²) < 4.78 is 14.5. The molecule has 1 heterocycles. The smallest absolute Gasteiger partial charge is 0.363 e. The van der Waals surface area contributed by atoms with E-state index in [1.54, 1.807) is 6.08 Å². The second-order valence-corrected chi connectivity index (χ2v) is 11.0. The highest BCUT2D eigenvalue weighted by Gasteiger charge is 2.24. The summed E-state index contributed by atoms with van der Waals surface area (Å²) in [6, 6.07) is 17.4. The quantitative estimate of drug-likeness (QED) is 0.154. The van der Waals surface area contributed by atoms with E-state index in [1.807, 2.05) is 61.5 Å².